The zero-order chi connectivity index (χ0) is 90.5. The molecule has 7 aliphatic heterocycles. The van der Waals surface area contributed by atoms with Crippen molar-refractivity contribution in [2.24, 2.45) is 47.3 Å². The number of para-hydroxylation sites is 1. The van der Waals surface area contributed by atoms with E-state index >= 15 is 0 Å². The molecule has 682 valence electrons. The number of nitrogens with two attached hydrogens (primary N) is 1. The molecule has 3 unspecified atom stereocenters. The first-order valence-corrected chi connectivity index (χ1v) is 46.6. The minimum Gasteiger partial charge on any atom is -0.480 e. The van der Waals surface area contributed by atoms with Gasteiger partial charge >= 0.3 is 11.9 Å². The average molecular weight is 1770 g/mol. The minimum atomic E-state index is -1.55. The second kappa shape index (κ2) is 42.5. The molecule has 2 aromatic heterocycles. The smallest absolute Gasteiger partial charge is 0.327 e. The molecule has 12 rings (SSSR count). The fraction of sp³-hybridized carbons (Fsp3) is 0.630. The van der Waals surface area contributed by atoms with Crippen molar-refractivity contribution in [2.45, 2.75) is 268 Å². The Labute approximate surface area is 739 Å². The average Bonchev–Trinajstić information content (AvgIpc) is 1.59. The van der Waals surface area contributed by atoms with E-state index in [0.717, 1.165) is 74.7 Å². The predicted molar refractivity (Wildman–Crippen MR) is 474 cm³/mol. The summed E-state index contributed by atoms with van der Waals surface area (Å²) in [5.41, 5.74) is 7.69. The van der Waals surface area contributed by atoms with Crippen LogP contribution < -0.4 is 42.8 Å². The van der Waals surface area contributed by atoms with E-state index in [1.165, 1.54) is 30.1 Å². The molecule has 6 saturated heterocycles. The fourth-order valence-corrected chi connectivity index (χ4v) is 20.2. The van der Waals surface area contributed by atoms with Crippen LogP contribution >= 0.6 is 23.5 Å². The summed E-state index contributed by atoms with van der Waals surface area (Å²) in [5, 5.41) is 54.5. The molecule has 0 radical (unpaired) electrons. The number of aromatic nitrogens is 4. The number of carbonyl (C=O) groups is 8. The molecule has 7 aliphatic rings. The highest BCUT2D eigenvalue weighted by molar-refractivity contribution is 7.98. The Morgan fingerprint density at radius 1 is 0.752 bits per heavy atom. The fourth-order valence-electron chi connectivity index (χ4n) is 19.3. The van der Waals surface area contributed by atoms with E-state index in [0.29, 0.717) is 35.1 Å². The van der Waals surface area contributed by atoms with E-state index in [-0.39, 0.29) is 183 Å². The number of ketones is 1. The molecular formula is C92H127N11O20S2. The SMILES string of the molecule is CO[C@]1(C)C[C@@H](C[C@H]2CC[C@H](C)C([C@@H](C)C(=O)NCCSC)O2)O[C@]2(O[C@@](C)(C3CC[C@@](C)([C@@H]4O[C@@H]([C@@H]5O[C@@](O)(CO)[C@H](C)C[C@@H]5C)C[C@@H]4C)O3)C[C@H]2C)[C@@H]1C.CSC[C@H](NC(=O)C(CCCNC(=O)CCC(=O)N1Cc2ccccc2C#Cc2ccccc21)CC(=O)CC[C@H](NC(=O)c1ccc(NCc2cnc3nc(N)[nH]c(=O)c3n2)cc1)C(=O)O)C(=O)O. The number of Topliss-reactive ketones (excluding diaryl/α,β-unsaturated/α-hetero) is 1. The standard InChI is InChI=1S/C48H50N10O10S.C44H77NO10S/c1-69-27-37(47(67)68)55-44(63)31(10-6-22-50-39(60)20-21-40(61)58-26-32-9-3-2-7-28(32)12-13-29-8-4-5-11-38(29)58)23-35(59)18-19-36(46(65)66)54-43(62)30-14-16-33(17-15-30)51-24-34-25-52-42-41(53-34)45(64)57-48(49)56-42;1-25-13-14-32(50-36(25)30(6)39(47)45-17-18-56-12)21-33-23-41(9,49-11)31(7)44(52-33)29(5)22-42(10,55-44)35-15-16-40(8,53-35)38-27(3)20-34(51-38)37-26(2)19-28(4)43(48,24-46)54-37/h2-5,7-9,11,14-17,25,31,36-37,51H,6,10,18-24,26-27H2,1H3,(H,50,60)(H,54,62)(H,55,63)(H,65,66)(H,67,68)(H3,49,52,56,57,64);25-38,46,48H,13-24H2,1-12H3,(H,45,47)/t31?,36-,37-;25-,26-,27-,28+,29+,30+,31+,32+,33+,34+,35?,36?,37+,38+,40-,41+,42+,43-,44+/m00/s1. The normalized spacial score (nSPS) is 30.3. The van der Waals surface area contributed by atoms with Crippen LogP contribution in [0.25, 0.3) is 11.2 Å². The number of amides is 5. The number of hydrogen-bond acceptors (Lipinski definition) is 25. The molecule has 33 heteroatoms. The number of ether oxygens (including phenoxy) is 7. The molecule has 12 N–H and O–H groups in total. The van der Waals surface area contributed by atoms with E-state index in [2.05, 4.69) is 120 Å². The molecule has 5 amide bonds. The molecule has 31 nitrogen and oxygen atoms in total. The number of thioether (sulfide) groups is 2. The molecule has 0 aliphatic carbocycles. The van der Waals surface area contributed by atoms with Crippen molar-refractivity contribution >= 4 is 99.3 Å². The number of anilines is 3. The van der Waals surface area contributed by atoms with Crippen LogP contribution in [0.5, 0.6) is 0 Å². The number of carbonyl (C=O) groups excluding carboxylic acids is 6. The summed E-state index contributed by atoms with van der Waals surface area (Å²) < 4.78 is 48.0. The van der Waals surface area contributed by atoms with E-state index in [4.69, 9.17) is 38.9 Å². The van der Waals surface area contributed by atoms with E-state index in [1.54, 1.807) is 35.1 Å². The zero-order valence-electron chi connectivity index (χ0n) is 74.1. The third kappa shape index (κ3) is 23.5. The Balaban J connectivity index is 0.000000248. The maximum absolute atomic E-state index is 13.6. The van der Waals surface area contributed by atoms with Gasteiger partial charge in [0.2, 0.25) is 29.6 Å². The number of benzene rings is 3. The van der Waals surface area contributed by atoms with E-state index in [1.807, 2.05) is 69.5 Å². The Hall–Kier alpha value is -8.66. The highest BCUT2D eigenvalue weighted by Crippen LogP contribution is 2.59. The number of aliphatic carboxylic acids is 2. The molecule has 5 aromatic rings. The molecular weight excluding hydrogens is 1640 g/mol. The number of aliphatic hydroxyl groups excluding tert-OH is 1. The van der Waals surface area contributed by atoms with Crippen LogP contribution in [-0.2, 0) is 79.8 Å². The van der Waals surface area contributed by atoms with Crippen LogP contribution in [0.2, 0.25) is 0 Å². The maximum atomic E-state index is 13.6. The van der Waals surface area contributed by atoms with Gasteiger partial charge in [-0.2, -0.15) is 28.5 Å². The van der Waals surface area contributed by atoms with Gasteiger partial charge in [-0.05, 0) is 163 Å². The monoisotopic (exact) mass is 1770 g/mol. The van der Waals surface area contributed by atoms with Gasteiger partial charge in [-0.1, -0.05) is 90.6 Å². The second-order valence-corrected chi connectivity index (χ2v) is 37.9. The van der Waals surface area contributed by atoms with Gasteiger partial charge in [0.05, 0.1) is 103 Å². The number of aromatic amines is 1. The van der Waals surface area contributed by atoms with Gasteiger partial charge < -0.3 is 90.8 Å². The minimum absolute atomic E-state index is 0.0156. The third-order valence-corrected chi connectivity index (χ3v) is 28.0. The molecule has 9 heterocycles. The summed E-state index contributed by atoms with van der Waals surface area (Å²) in [6.45, 7) is 22.4. The highest BCUT2D eigenvalue weighted by atomic mass is 32.2. The lowest BCUT2D eigenvalue weighted by molar-refractivity contribution is -0.367. The summed E-state index contributed by atoms with van der Waals surface area (Å²) in [5.74, 6) is -1.00. The van der Waals surface area contributed by atoms with Gasteiger partial charge in [0.25, 0.3) is 11.5 Å². The Morgan fingerprint density at radius 3 is 2.18 bits per heavy atom. The van der Waals surface area contributed by atoms with Crippen LogP contribution in [0.4, 0.5) is 17.3 Å². The van der Waals surface area contributed by atoms with Crippen molar-refractivity contribution in [2.75, 3.05) is 66.8 Å². The maximum Gasteiger partial charge on any atom is 0.327 e. The predicted octanol–water partition coefficient (Wildman–Crippen LogP) is 9.49. The second-order valence-electron chi connectivity index (χ2n) is 36.0. The molecule has 125 heavy (non-hydrogen) atoms. The first-order valence-electron chi connectivity index (χ1n) is 43.8. The number of methoxy groups -OCH3 is 1. The number of H-pyrrole nitrogens is 1. The van der Waals surface area contributed by atoms with Crippen molar-refractivity contribution in [3.05, 3.63) is 117 Å². The third-order valence-electron chi connectivity index (χ3n) is 26.7. The lowest BCUT2D eigenvalue weighted by atomic mass is 9.72. The summed E-state index contributed by atoms with van der Waals surface area (Å²) >= 11 is 2.94. The summed E-state index contributed by atoms with van der Waals surface area (Å²) in [7, 11) is 1.81. The summed E-state index contributed by atoms with van der Waals surface area (Å²) in [6.07, 6.45) is 10.7. The van der Waals surface area contributed by atoms with Gasteiger partial charge in [0.1, 0.15) is 17.9 Å². The van der Waals surface area contributed by atoms with Gasteiger partial charge in [0, 0.05) is 116 Å². The number of fused-ring (bicyclic) bond motifs is 3. The van der Waals surface area contributed by atoms with E-state index < -0.39 is 94.0 Å². The van der Waals surface area contributed by atoms with Crippen molar-refractivity contribution < 1.29 is 91.9 Å². The highest BCUT2D eigenvalue weighted by Gasteiger charge is 2.67. The topological polar surface area (TPSA) is 443 Å². The summed E-state index contributed by atoms with van der Waals surface area (Å²) in [4.78, 5) is 132. The molecule has 22 atom stereocenters. The van der Waals surface area contributed by atoms with Crippen molar-refractivity contribution in [3.8, 4) is 11.8 Å². The van der Waals surface area contributed by atoms with E-state index in [9.17, 15) is 63.6 Å². The Bertz CT molecular complexity index is 4770. The van der Waals surface area contributed by atoms with Crippen LogP contribution in [0.1, 0.15) is 205 Å². The number of carboxylic acid groups (broad SMARTS) is 2. The van der Waals surface area contributed by atoms with Crippen LogP contribution in [0.15, 0.2) is 83.8 Å². The number of carboxylic acids is 2. The lowest BCUT2D eigenvalue weighted by Crippen LogP contribution is -2.62. The zero-order valence-corrected chi connectivity index (χ0v) is 75.7. The Kier molecular flexibility index (Phi) is 33.0. The molecule has 0 saturated carbocycles. The molecule has 1 spiro atoms. The first-order chi connectivity index (χ1) is 59.4. The van der Waals surface area contributed by atoms with Gasteiger partial charge in [-0.15, -0.1) is 0 Å². The number of nitrogens with one attached hydrogen (secondary N) is 6. The molecule has 6 fully saturated rings. The largest absolute Gasteiger partial charge is 0.480 e. The Morgan fingerprint density at radius 2 is 1.47 bits per heavy atom. The quantitative estimate of drug-likeness (QED) is 0.0133. The number of rotatable bonds is 35. The van der Waals surface area contributed by atoms with Crippen LogP contribution in [-0.4, -0.2) is 222 Å². The van der Waals surface area contributed by atoms with Gasteiger partial charge in [-0.25, -0.2) is 19.6 Å². The number of hydrogen-bond donors (Lipinski definition) is 11. The van der Waals surface area contributed by atoms with Crippen LogP contribution in [0.3, 0.4) is 0 Å². The van der Waals surface area contributed by atoms with Gasteiger partial charge in [-0.3, -0.25) is 38.5 Å². The number of nitrogens with zero attached hydrogens (tertiary/aromatic N) is 4. The van der Waals surface area contributed by atoms with Crippen LogP contribution in [0, 0.1) is 59.2 Å². The number of aliphatic hydroxyl groups is 2. The summed E-state index contributed by atoms with van der Waals surface area (Å²) in [6, 6.07) is 18.2. The number of nitrogen functional groups attached to an aromatic ring is 1. The van der Waals surface area contributed by atoms with Crippen molar-refractivity contribution in [1.29, 1.82) is 0 Å². The van der Waals surface area contributed by atoms with Crippen molar-refractivity contribution in [1.82, 2.24) is 41.2 Å². The molecule has 0 bridgehead atoms. The van der Waals surface area contributed by atoms with Gasteiger partial charge in [0.15, 0.2) is 22.7 Å². The first kappa shape index (κ1) is 97.0. The van der Waals surface area contributed by atoms with Crippen molar-refractivity contribution in [3.63, 3.8) is 0 Å². The lowest BCUT2D eigenvalue weighted by Gasteiger charge is -2.54. The molecule has 3 aromatic carbocycles.